The quantitative estimate of drug-likeness (QED) is 0.491. The first-order valence-electron chi connectivity index (χ1n) is 3.89. The number of halogens is 2. The highest BCUT2D eigenvalue weighted by Crippen LogP contribution is 2.08. The Kier molecular flexibility index (Phi) is 4.89. The first-order valence-corrected chi connectivity index (χ1v) is 4.27. The van der Waals surface area contributed by atoms with Gasteiger partial charge in [0.1, 0.15) is 11.7 Å². The van der Waals surface area contributed by atoms with E-state index < -0.39 is 0 Å². The maximum Gasteiger partial charge on any atom is 0.129 e. The molecule has 0 bridgehead atoms. The molecule has 0 saturated heterocycles. The van der Waals surface area contributed by atoms with Crippen molar-refractivity contribution in [2.24, 2.45) is 0 Å². The fraction of sp³-hybridized carbons (Fsp3) is 0.444. The van der Waals surface area contributed by atoms with Gasteiger partial charge in [-0.3, -0.25) is 0 Å². The van der Waals surface area contributed by atoms with Gasteiger partial charge in [0, 0.05) is 0 Å². The molecule has 0 spiro atoms. The van der Waals surface area contributed by atoms with Crippen LogP contribution in [0.4, 0.5) is 0 Å². The molecule has 13 heavy (non-hydrogen) atoms. The highest BCUT2D eigenvalue weighted by atomic mass is 79.9. The Labute approximate surface area is 94.9 Å². The van der Waals surface area contributed by atoms with Crippen LogP contribution in [-0.4, -0.2) is 30.6 Å². The largest absolute Gasteiger partial charge is 1.00 e. The van der Waals surface area contributed by atoms with Crippen LogP contribution in [-0.2, 0) is 6.54 Å². The second kappa shape index (κ2) is 4.94. The summed E-state index contributed by atoms with van der Waals surface area (Å²) in [5, 5.41) is 0.570. The molecule has 0 aliphatic rings. The van der Waals surface area contributed by atoms with Crippen molar-refractivity contribution in [3.8, 4) is 0 Å². The van der Waals surface area contributed by atoms with Crippen LogP contribution < -0.4 is 17.0 Å². The van der Waals surface area contributed by atoms with E-state index in [1.54, 1.807) is 6.07 Å². The molecule has 0 aliphatic carbocycles. The van der Waals surface area contributed by atoms with E-state index >= 15 is 0 Å². The van der Waals surface area contributed by atoms with Crippen molar-refractivity contribution in [2.75, 3.05) is 21.1 Å². The Hall–Kier alpha value is -0.120. The fourth-order valence-corrected chi connectivity index (χ4v) is 1.21. The van der Waals surface area contributed by atoms with E-state index in [0.717, 1.165) is 16.7 Å². The lowest BCUT2D eigenvalue weighted by atomic mass is 10.3. The van der Waals surface area contributed by atoms with Gasteiger partial charge in [0.2, 0.25) is 0 Å². The Morgan fingerprint density at radius 2 is 1.92 bits per heavy atom. The first kappa shape index (κ1) is 12.9. The summed E-state index contributed by atoms with van der Waals surface area (Å²) in [4.78, 5) is 4.21. The number of nitrogens with zero attached hydrogens (tertiary/aromatic N) is 2. The highest BCUT2D eigenvalue weighted by molar-refractivity contribution is 6.29. The Bertz CT molecular complexity index is 271. The molecule has 0 aromatic carbocycles. The van der Waals surface area contributed by atoms with E-state index in [1.165, 1.54) is 0 Å². The third-order valence-electron chi connectivity index (χ3n) is 1.41. The summed E-state index contributed by atoms with van der Waals surface area (Å²) in [5.74, 6) is 0. The highest BCUT2D eigenvalue weighted by Gasteiger charge is 2.09. The predicted octanol–water partition coefficient (Wildman–Crippen LogP) is -1.05. The van der Waals surface area contributed by atoms with Gasteiger partial charge in [0.05, 0.1) is 26.8 Å². The van der Waals surface area contributed by atoms with Gasteiger partial charge >= 0.3 is 0 Å². The van der Waals surface area contributed by atoms with Crippen LogP contribution in [0.2, 0.25) is 5.15 Å². The standard InChI is InChI=1S/C9H14ClN2.BrH/c1-12(2,3)7-8-5-4-6-9(10)11-8;/h4-6H,7H2,1-3H3;1H/q+1;/p-1. The second-order valence-electron chi connectivity index (χ2n) is 3.90. The van der Waals surface area contributed by atoms with Crippen molar-refractivity contribution < 1.29 is 21.5 Å². The minimum Gasteiger partial charge on any atom is -1.00 e. The lowest BCUT2D eigenvalue weighted by molar-refractivity contribution is -0.884. The fourth-order valence-electron chi connectivity index (χ4n) is 1.02. The molecule has 0 amide bonds. The zero-order valence-electron chi connectivity index (χ0n) is 8.09. The van der Waals surface area contributed by atoms with E-state index in [1.807, 2.05) is 12.1 Å². The molecule has 74 valence electrons. The van der Waals surface area contributed by atoms with Gasteiger partial charge in [0.15, 0.2) is 0 Å². The van der Waals surface area contributed by atoms with Gasteiger partial charge in [-0.1, -0.05) is 17.7 Å². The second-order valence-corrected chi connectivity index (χ2v) is 4.29. The van der Waals surface area contributed by atoms with Gasteiger partial charge in [0.25, 0.3) is 0 Å². The Morgan fingerprint density at radius 3 is 2.38 bits per heavy atom. The van der Waals surface area contributed by atoms with Crippen LogP contribution in [0.25, 0.3) is 0 Å². The van der Waals surface area contributed by atoms with Crippen molar-refractivity contribution in [1.82, 2.24) is 4.98 Å². The van der Waals surface area contributed by atoms with Gasteiger partial charge in [-0.2, -0.15) is 0 Å². The summed E-state index contributed by atoms with van der Waals surface area (Å²) in [5.41, 5.74) is 1.04. The molecule has 0 N–H and O–H groups in total. The summed E-state index contributed by atoms with van der Waals surface area (Å²) in [6.45, 7) is 0.903. The molecule has 0 saturated carbocycles. The van der Waals surface area contributed by atoms with Crippen LogP contribution >= 0.6 is 11.6 Å². The Morgan fingerprint density at radius 1 is 1.31 bits per heavy atom. The summed E-state index contributed by atoms with van der Waals surface area (Å²) in [7, 11) is 6.38. The monoisotopic (exact) mass is 264 g/mol. The molecular formula is C9H14BrClN2. The zero-order valence-corrected chi connectivity index (χ0v) is 10.4. The molecule has 0 radical (unpaired) electrons. The van der Waals surface area contributed by atoms with Crippen LogP contribution in [0.15, 0.2) is 18.2 Å². The van der Waals surface area contributed by atoms with Gasteiger partial charge < -0.3 is 21.5 Å². The van der Waals surface area contributed by atoms with Crippen LogP contribution in [0.5, 0.6) is 0 Å². The maximum absolute atomic E-state index is 5.76. The molecule has 0 atom stereocenters. The third-order valence-corrected chi connectivity index (χ3v) is 1.62. The van der Waals surface area contributed by atoms with Crippen molar-refractivity contribution in [2.45, 2.75) is 6.54 Å². The predicted molar refractivity (Wildman–Crippen MR) is 51.0 cm³/mol. The van der Waals surface area contributed by atoms with Crippen molar-refractivity contribution in [3.05, 3.63) is 29.0 Å². The number of hydrogen-bond donors (Lipinski definition) is 0. The van der Waals surface area contributed by atoms with Crippen molar-refractivity contribution in [3.63, 3.8) is 0 Å². The summed E-state index contributed by atoms with van der Waals surface area (Å²) < 4.78 is 0.868. The van der Waals surface area contributed by atoms with Crippen LogP contribution in [0.1, 0.15) is 5.69 Å². The van der Waals surface area contributed by atoms with Crippen molar-refractivity contribution in [1.29, 1.82) is 0 Å². The average Bonchev–Trinajstić information content (AvgIpc) is 1.82. The average molecular weight is 266 g/mol. The van der Waals surface area contributed by atoms with E-state index in [9.17, 15) is 0 Å². The molecule has 1 heterocycles. The van der Waals surface area contributed by atoms with Gasteiger partial charge in [-0.05, 0) is 12.1 Å². The maximum atomic E-state index is 5.76. The molecular weight excluding hydrogens is 251 g/mol. The SMILES string of the molecule is C[N+](C)(C)Cc1cccc(Cl)n1.[Br-]. The molecule has 4 heteroatoms. The number of rotatable bonds is 2. The van der Waals surface area contributed by atoms with E-state index in [4.69, 9.17) is 11.6 Å². The smallest absolute Gasteiger partial charge is 0.129 e. The normalized spacial score (nSPS) is 10.8. The van der Waals surface area contributed by atoms with E-state index in [0.29, 0.717) is 5.15 Å². The van der Waals surface area contributed by atoms with Gasteiger partial charge in [-0.25, -0.2) is 4.98 Å². The molecule has 0 aliphatic heterocycles. The molecule has 0 unspecified atom stereocenters. The molecule has 2 nitrogen and oxygen atoms in total. The summed E-state index contributed by atoms with van der Waals surface area (Å²) >= 11 is 5.76. The topological polar surface area (TPSA) is 12.9 Å². The lowest BCUT2D eigenvalue weighted by Gasteiger charge is -2.23. The molecule has 0 fully saturated rings. The first-order chi connectivity index (χ1) is 5.47. The van der Waals surface area contributed by atoms with Crippen LogP contribution in [0, 0.1) is 0 Å². The zero-order chi connectivity index (χ0) is 9.19. The van der Waals surface area contributed by atoms with Gasteiger partial charge in [-0.15, -0.1) is 0 Å². The van der Waals surface area contributed by atoms with E-state index in [-0.39, 0.29) is 17.0 Å². The van der Waals surface area contributed by atoms with Crippen molar-refractivity contribution >= 4 is 11.6 Å². The summed E-state index contributed by atoms with van der Waals surface area (Å²) in [6, 6.07) is 5.72. The van der Waals surface area contributed by atoms with E-state index in [2.05, 4.69) is 26.1 Å². The third kappa shape index (κ3) is 5.24. The molecule has 1 rings (SSSR count). The Balaban J connectivity index is 0.00000144. The minimum atomic E-state index is 0. The van der Waals surface area contributed by atoms with Crippen LogP contribution in [0.3, 0.4) is 0 Å². The number of hydrogen-bond acceptors (Lipinski definition) is 1. The molecule has 1 aromatic heterocycles. The minimum absolute atomic E-state index is 0. The number of pyridine rings is 1. The molecule has 1 aromatic rings. The lowest BCUT2D eigenvalue weighted by Crippen LogP contribution is -3.00. The number of aromatic nitrogens is 1. The number of quaternary nitrogens is 1. The summed E-state index contributed by atoms with van der Waals surface area (Å²) in [6.07, 6.45) is 0.